The number of aromatic nitrogens is 2. The molecule has 1 aromatic heterocycles. The first-order valence-corrected chi connectivity index (χ1v) is 11.9. The van der Waals surface area contributed by atoms with Gasteiger partial charge >= 0.3 is 6.18 Å². The fourth-order valence-corrected chi connectivity index (χ4v) is 6.11. The molecule has 0 unspecified atom stereocenters. The quantitative estimate of drug-likeness (QED) is 0.660. The Hall–Kier alpha value is -2.09. The third-order valence-electron chi connectivity index (χ3n) is 6.39. The molecule has 0 spiro atoms. The first kappa shape index (κ1) is 22.7. The number of alkyl halides is 3. The van der Waals surface area contributed by atoms with Crippen LogP contribution in [0.1, 0.15) is 42.2 Å². The summed E-state index contributed by atoms with van der Waals surface area (Å²) in [6, 6.07) is 0.260. The molecule has 13 heteroatoms. The van der Waals surface area contributed by atoms with E-state index in [1.165, 1.54) is 11.1 Å². The first-order valence-electron chi connectivity index (χ1n) is 10.4. The molecule has 2 aliphatic heterocycles. The fourth-order valence-electron chi connectivity index (χ4n) is 4.58. The summed E-state index contributed by atoms with van der Waals surface area (Å²) in [5.41, 5.74) is 6.63. The molecule has 0 amide bonds. The van der Waals surface area contributed by atoms with Crippen LogP contribution in [0.15, 0.2) is 24.4 Å². The van der Waals surface area contributed by atoms with Crippen molar-refractivity contribution in [1.82, 2.24) is 14.1 Å². The second-order valence-corrected chi connectivity index (χ2v) is 10.8. The van der Waals surface area contributed by atoms with Crippen LogP contribution in [0.2, 0.25) is 0 Å². The minimum absolute atomic E-state index is 0.00512. The van der Waals surface area contributed by atoms with Crippen LogP contribution in [0.3, 0.4) is 0 Å². The number of halogens is 5. The van der Waals surface area contributed by atoms with Crippen LogP contribution in [-0.4, -0.2) is 52.1 Å². The lowest BCUT2D eigenvalue weighted by atomic mass is 9.89. The molecule has 3 aliphatic rings. The summed E-state index contributed by atoms with van der Waals surface area (Å²) >= 11 is 0. The molecule has 5 rings (SSSR count). The third-order valence-corrected chi connectivity index (χ3v) is 8.41. The molecule has 1 aliphatic carbocycles. The maximum atomic E-state index is 14.2. The van der Waals surface area contributed by atoms with Gasteiger partial charge in [-0.2, -0.15) is 22.4 Å². The highest BCUT2D eigenvalue weighted by molar-refractivity contribution is 7.90. The predicted molar refractivity (Wildman–Crippen MR) is 105 cm³/mol. The topological polar surface area (TPSA) is 90.5 Å². The SMILES string of the molecule is N[C@H]1C[C@@H](N2Cc3cn(S(=O)(=O)C4CC4)nc3C2)[C@@H](C(F)(F)F)O[C@@H]1c1cc(F)ccc1F. The maximum absolute atomic E-state index is 14.2. The Labute approximate surface area is 186 Å². The van der Waals surface area contributed by atoms with E-state index in [1.54, 1.807) is 0 Å². The molecule has 0 bridgehead atoms. The Morgan fingerprint density at radius 3 is 2.52 bits per heavy atom. The highest BCUT2D eigenvalue weighted by Crippen LogP contribution is 2.42. The number of ether oxygens (including phenoxy) is 1. The van der Waals surface area contributed by atoms with Crippen molar-refractivity contribution >= 4 is 10.0 Å². The van der Waals surface area contributed by atoms with Crippen LogP contribution >= 0.6 is 0 Å². The van der Waals surface area contributed by atoms with Crippen LogP contribution in [0.5, 0.6) is 0 Å². The van der Waals surface area contributed by atoms with E-state index in [2.05, 4.69) is 5.10 Å². The van der Waals surface area contributed by atoms with Gasteiger partial charge in [-0.05, 0) is 37.5 Å². The minimum Gasteiger partial charge on any atom is -0.357 e. The summed E-state index contributed by atoms with van der Waals surface area (Å²) < 4.78 is 101. The van der Waals surface area contributed by atoms with E-state index in [1.807, 2.05) is 0 Å². The smallest absolute Gasteiger partial charge is 0.357 e. The van der Waals surface area contributed by atoms with E-state index in [9.17, 15) is 30.4 Å². The van der Waals surface area contributed by atoms with Crippen molar-refractivity contribution in [3.05, 3.63) is 52.9 Å². The molecule has 2 fully saturated rings. The molecule has 33 heavy (non-hydrogen) atoms. The molecule has 7 nitrogen and oxygen atoms in total. The van der Waals surface area contributed by atoms with Crippen LogP contribution in [0.25, 0.3) is 0 Å². The summed E-state index contributed by atoms with van der Waals surface area (Å²) in [4.78, 5) is 1.49. The minimum atomic E-state index is -4.79. The van der Waals surface area contributed by atoms with Crippen molar-refractivity contribution in [2.45, 2.75) is 68.1 Å². The summed E-state index contributed by atoms with van der Waals surface area (Å²) in [7, 11) is -3.58. The van der Waals surface area contributed by atoms with Crippen LogP contribution in [0.4, 0.5) is 22.0 Å². The molecule has 1 saturated heterocycles. The lowest BCUT2D eigenvalue weighted by Gasteiger charge is -2.44. The summed E-state index contributed by atoms with van der Waals surface area (Å²) in [6.07, 6.45) is -6.26. The summed E-state index contributed by atoms with van der Waals surface area (Å²) in [6.45, 7) is 0.0384. The molecule has 1 saturated carbocycles. The van der Waals surface area contributed by atoms with Crippen LogP contribution < -0.4 is 5.73 Å². The fraction of sp³-hybridized carbons (Fsp3) is 0.550. The Kier molecular flexibility index (Phi) is 5.31. The maximum Gasteiger partial charge on any atom is 0.416 e. The number of nitrogens with zero attached hydrogens (tertiary/aromatic N) is 3. The van der Waals surface area contributed by atoms with Gasteiger partial charge in [0.25, 0.3) is 10.0 Å². The molecule has 0 radical (unpaired) electrons. The number of rotatable bonds is 4. The van der Waals surface area contributed by atoms with Crippen molar-refractivity contribution in [2.24, 2.45) is 5.73 Å². The molecule has 4 atom stereocenters. The standard InChI is InChI=1S/C20H21F5N4O3S/c21-11-1-4-14(22)13(5-11)18-15(26)6-17(19(32-18)20(23,24)25)28-7-10-8-29(27-16(10)9-28)33(30,31)12-2-3-12/h1,4-5,8,12,15,17-19H,2-3,6-7,9,26H2/t15-,17+,18+,19-/m0/s1. The van der Waals surface area contributed by atoms with Crippen molar-refractivity contribution in [3.8, 4) is 0 Å². The zero-order valence-electron chi connectivity index (χ0n) is 17.2. The first-order chi connectivity index (χ1) is 15.4. The van der Waals surface area contributed by atoms with Gasteiger partial charge < -0.3 is 10.5 Å². The van der Waals surface area contributed by atoms with E-state index in [-0.39, 0.29) is 25.1 Å². The van der Waals surface area contributed by atoms with Crippen LogP contribution in [0, 0.1) is 11.6 Å². The van der Waals surface area contributed by atoms with E-state index >= 15 is 0 Å². The normalized spacial score (nSPS) is 28.8. The van der Waals surface area contributed by atoms with E-state index in [0.717, 1.165) is 22.3 Å². The van der Waals surface area contributed by atoms with Gasteiger partial charge in [0.2, 0.25) is 0 Å². The number of hydrogen-bond acceptors (Lipinski definition) is 6. The summed E-state index contributed by atoms with van der Waals surface area (Å²) in [5, 5.41) is 3.64. The number of nitrogens with two attached hydrogens (primary N) is 1. The van der Waals surface area contributed by atoms with Gasteiger partial charge in [0.05, 0.1) is 10.9 Å². The Morgan fingerprint density at radius 2 is 1.88 bits per heavy atom. The molecule has 3 heterocycles. The Morgan fingerprint density at radius 1 is 1.15 bits per heavy atom. The lowest BCUT2D eigenvalue weighted by molar-refractivity contribution is -0.269. The molecule has 1 aromatic carbocycles. The zero-order chi connectivity index (χ0) is 23.7. The van der Waals surface area contributed by atoms with Crippen molar-refractivity contribution in [2.75, 3.05) is 0 Å². The average molecular weight is 492 g/mol. The average Bonchev–Trinajstić information content (AvgIpc) is 3.40. The molecule has 2 N–H and O–H groups in total. The lowest BCUT2D eigenvalue weighted by Crippen LogP contribution is -2.58. The van der Waals surface area contributed by atoms with E-state index < -0.39 is 57.4 Å². The van der Waals surface area contributed by atoms with Crippen molar-refractivity contribution < 1.29 is 35.1 Å². The molecular weight excluding hydrogens is 471 g/mol. The largest absolute Gasteiger partial charge is 0.416 e. The molecule has 180 valence electrons. The Balaban J connectivity index is 1.38. The number of fused-ring (bicyclic) bond motifs is 1. The molecular formula is C20H21F5N4O3S. The number of benzene rings is 1. The zero-order valence-corrected chi connectivity index (χ0v) is 18.0. The highest BCUT2D eigenvalue weighted by atomic mass is 32.2. The van der Waals surface area contributed by atoms with Crippen LogP contribution in [-0.2, 0) is 27.8 Å². The second-order valence-electron chi connectivity index (χ2n) is 8.77. The van der Waals surface area contributed by atoms with E-state index in [4.69, 9.17) is 10.5 Å². The van der Waals surface area contributed by atoms with Gasteiger partial charge in [0.15, 0.2) is 6.10 Å². The van der Waals surface area contributed by atoms with Gasteiger partial charge in [-0.3, -0.25) is 4.90 Å². The van der Waals surface area contributed by atoms with Gasteiger partial charge in [0, 0.05) is 42.5 Å². The summed E-state index contributed by atoms with van der Waals surface area (Å²) in [5.74, 6) is -1.71. The van der Waals surface area contributed by atoms with Gasteiger partial charge in [-0.15, -0.1) is 0 Å². The van der Waals surface area contributed by atoms with Gasteiger partial charge in [-0.25, -0.2) is 17.2 Å². The number of hydrogen-bond donors (Lipinski definition) is 1. The van der Waals surface area contributed by atoms with Crippen molar-refractivity contribution in [1.29, 1.82) is 0 Å². The highest BCUT2D eigenvalue weighted by Gasteiger charge is 2.54. The van der Waals surface area contributed by atoms with Gasteiger partial charge in [-0.1, -0.05) is 0 Å². The van der Waals surface area contributed by atoms with Gasteiger partial charge in [0.1, 0.15) is 17.7 Å². The van der Waals surface area contributed by atoms with Crippen molar-refractivity contribution in [3.63, 3.8) is 0 Å². The second kappa shape index (κ2) is 7.72. The molecule has 2 aromatic rings. The van der Waals surface area contributed by atoms with E-state index in [0.29, 0.717) is 24.1 Å². The third kappa shape index (κ3) is 4.04. The Bertz CT molecular complexity index is 1160. The predicted octanol–water partition coefficient (Wildman–Crippen LogP) is 2.61. The monoisotopic (exact) mass is 492 g/mol.